The Kier molecular flexibility index (Phi) is 4.85. The van der Waals surface area contributed by atoms with Gasteiger partial charge in [0.05, 0.1) is 12.5 Å². The molecule has 2 aromatic carbocycles. The maximum Gasteiger partial charge on any atom is 0.123 e. The lowest BCUT2D eigenvalue weighted by atomic mass is 9.99. The molecule has 106 valence electrons. The summed E-state index contributed by atoms with van der Waals surface area (Å²) < 4.78 is 5.35. The number of alkyl halides is 1. The Morgan fingerprint density at radius 2 is 1.60 bits per heavy atom. The molecule has 0 N–H and O–H groups in total. The van der Waals surface area contributed by atoms with E-state index in [9.17, 15) is 0 Å². The van der Waals surface area contributed by atoms with Gasteiger partial charge in [-0.1, -0.05) is 29.3 Å². The van der Waals surface area contributed by atoms with Gasteiger partial charge in [-0.15, -0.1) is 11.6 Å². The van der Waals surface area contributed by atoms with E-state index >= 15 is 0 Å². The molecule has 0 aliphatic carbocycles. The van der Waals surface area contributed by atoms with Crippen molar-refractivity contribution in [3.63, 3.8) is 0 Å². The summed E-state index contributed by atoms with van der Waals surface area (Å²) in [5, 5.41) is 0.858. The van der Waals surface area contributed by atoms with E-state index < -0.39 is 5.38 Å². The van der Waals surface area contributed by atoms with Gasteiger partial charge in [0.2, 0.25) is 0 Å². The fraction of sp³-hybridized carbons (Fsp3) is 0.250. The Bertz CT molecular complexity index is 638. The molecule has 1 atom stereocenters. The number of rotatable bonds is 3. The number of ether oxygens (including phenoxy) is 1. The van der Waals surface area contributed by atoms with Crippen molar-refractivity contribution >= 4 is 34.8 Å². The fourth-order valence-corrected chi connectivity index (χ4v) is 2.98. The molecular formula is C16H15Cl3O. The summed E-state index contributed by atoms with van der Waals surface area (Å²) in [6.07, 6.45) is 0. The predicted molar refractivity (Wildman–Crippen MR) is 86.6 cm³/mol. The summed E-state index contributed by atoms with van der Waals surface area (Å²) in [5.41, 5.74) is 3.96. The van der Waals surface area contributed by atoms with Crippen molar-refractivity contribution in [3.8, 4) is 5.75 Å². The summed E-state index contributed by atoms with van der Waals surface area (Å²) in [5.74, 6) is 0.698. The average molecular weight is 330 g/mol. The first-order valence-electron chi connectivity index (χ1n) is 6.18. The SMILES string of the molecule is COc1ccc(Cl)cc1C(Cl)c1cc(C)c(C)cc1Cl. The van der Waals surface area contributed by atoms with Gasteiger partial charge in [0, 0.05) is 15.6 Å². The van der Waals surface area contributed by atoms with Crippen LogP contribution in [0.2, 0.25) is 10.0 Å². The zero-order chi connectivity index (χ0) is 14.9. The molecule has 0 spiro atoms. The normalized spacial score (nSPS) is 12.3. The van der Waals surface area contributed by atoms with Crippen LogP contribution in [0.15, 0.2) is 30.3 Å². The van der Waals surface area contributed by atoms with Crippen LogP contribution in [0.4, 0.5) is 0 Å². The largest absolute Gasteiger partial charge is 0.496 e. The third-order valence-corrected chi connectivity index (χ3v) is 4.38. The van der Waals surface area contributed by atoms with Crippen LogP contribution in [0, 0.1) is 13.8 Å². The highest BCUT2D eigenvalue weighted by molar-refractivity contribution is 6.33. The molecule has 4 heteroatoms. The molecule has 0 saturated heterocycles. The summed E-state index contributed by atoms with van der Waals surface area (Å²) in [7, 11) is 1.61. The minimum atomic E-state index is -0.407. The maximum absolute atomic E-state index is 6.59. The molecule has 1 unspecified atom stereocenters. The van der Waals surface area contributed by atoms with Crippen molar-refractivity contribution in [2.45, 2.75) is 19.2 Å². The number of benzene rings is 2. The van der Waals surface area contributed by atoms with Crippen LogP contribution in [0.5, 0.6) is 5.75 Å². The fourth-order valence-electron chi connectivity index (χ4n) is 2.07. The lowest BCUT2D eigenvalue weighted by Crippen LogP contribution is -1.99. The van der Waals surface area contributed by atoms with Gasteiger partial charge in [-0.25, -0.2) is 0 Å². The van der Waals surface area contributed by atoms with Crippen molar-refractivity contribution in [2.75, 3.05) is 7.11 Å². The van der Waals surface area contributed by atoms with Gasteiger partial charge < -0.3 is 4.74 Å². The van der Waals surface area contributed by atoms with E-state index in [1.807, 2.05) is 38.1 Å². The standard InChI is InChI=1S/C16H15Cl3O/c1-9-6-12(14(18)7-10(9)2)16(19)13-8-11(17)4-5-15(13)20-3/h4-8,16H,1-3H3. The lowest BCUT2D eigenvalue weighted by Gasteiger charge is -2.17. The number of halogens is 3. The smallest absolute Gasteiger partial charge is 0.123 e. The van der Waals surface area contributed by atoms with Crippen LogP contribution in [-0.2, 0) is 0 Å². The van der Waals surface area contributed by atoms with Crippen molar-refractivity contribution in [1.29, 1.82) is 0 Å². The van der Waals surface area contributed by atoms with E-state index in [0.717, 1.165) is 22.3 Å². The summed E-state index contributed by atoms with van der Waals surface area (Å²) in [6.45, 7) is 4.06. The molecule has 2 aromatic rings. The second kappa shape index (κ2) is 6.26. The lowest BCUT2D eigenvalue weighted by molar-refractivity contribution is 0.410. The van der Waals surface area contributed by atoms with Gasteiger partial charge in [0.1, 0.15) is 5.75 Å². The van der Waals surface area contributed by atoms with E-state index in [1.54, 1.807) is 13.2 Å². The van der Waals surface area contributed by atoms with Crippen LogP contribution in [0.3, 0.4) is 0 Å². The van der Waals surface area contributed by atoms with Gasteiger partial charge in [-0.3, -0.25) is 0 Å². The topological polar surface area (TPSA) is 9.23 Å². The quantitative estimate of drug-likeness (QED) is 0.632. The Labute approximate surface area is 134 Å². The zero-order valence-corrected chi connectivity index (χ0v) is 13.8. The average Bonchev–Trinajstić information content (AvgIpc) is 2.42. The molecule has 2 rings (SSSR count). The number of aryl methyl sites for hydroxylation is 2. The third-order valence-electron chi connectivity index (χ3n) is 3.35. The van der Waals surface area contributed by atoms with E-state index in [0.29, 0.717) is 15.8 Å². The number of hydrogen-bond acceptors (Lipinski definition) is 1. The summed E-state index contributed by atoms with van der Waals surface area (Å²) in [6, 6.07) is 9.33. The van der Waals surface area contributed by atoms with Gasteiger partial charge in [-0.2, -0.15) is 0 Å². The second-order valence-electron chi connectivity index (χ2n) is 4.71. The van der Waals surface area contributed by atoms with Crippen molar-refractivity contribution in [2.24, 2.45) is 0 Å². The van der Waals surface area contributed by atoms with Crippen LogP contribution in [0.25, 0.3) is 0 Å². The first kappa shape index (κ1) is 15.5. The molecule has 0 heterocycles. The van der Waals surface area contributed by atoms with E-state index in [1.165, 1.54) is 0 Å². The van der Waals surface area contributed by atoms with Crippen molar-refractivity contribution in [3.05, 3.63) is 62.6 Å². The monoisotopic (exact) mass is 328 g/mol. The number of methoxy groups -OCH3 is 1. The summed E-state index contributed by atoms with van der Waals surface area (Å²) >= 11 is 19.0. The molecule has 0 bridgehead atoms. The molecule has 20 heavy (non-hydrogen) atoms. The van der Waals surface area contributed by atoms with Gasteiger partial charge >= 0.3 is 0 Å². The summed E-state index contributed by atoms with van der Waals surface area (Å²) in [4.78, 5) is 0. The Hall–Kier alpha value is -0.890. The molecule has 0 radical (unpaired) electrons. The molecule has 0 aliphatic rings. The molecular weight excluding hydrogens is 315 g/mol. The first-order chi connectivity index (χ1) is 9.43. The van der Waals surface area contributed by atoms with Crippen LogP contribution in [0.1, 0.15) is 27.6 Å². The highest BCUT2D eigenvalue weighted by Crippen LogP contribution is 2.40. The van der Waals surface area contributed by atoms with E-state index in [4.69, 9.17) is 39.5 Å². The van der Waals surface area contributed by atoms with Gasteiger partial charge in [0.15, 0.2) is 0 Å². The third kappa shape index (κ3) is 3.06. The predicted octanol–water partition coefficient (Wildman–Crippen LogP) is 5.95. The zero-order valence-electron chi connectivity index (χ0n) is 11.5. The van der Waals surface area contributed by atoms with Crippen molar-refractivity contribution in [1.82, 2.24) is 0 Å². The van der Waals surface area contributed by atoms with Crippen molar-refractivity contribution < 1.29 is 4.74 Å². The molecule has 0 aliphatic heterocycles. The van der Waals surface area contributed by atoms with Gasteiger partial charge in [-0.05, 0) is 54.8 Å². The maximum atomic E-state index is 6.59. The highest BCUT2D eigenvalue weighted by Gasteiger charge is 2.19. The van der Waals surface area contributed by atoms with E-state index in [2.05, 4.69) is 0 Å². The van der Waals surface area contributed by atoms with Crippen LogP contribution < -0.4 is 4.74 Å². The van der Waals surface area contributed by atoms with Gasteiger partial charge in [0.25, 0.3) is 0 Å². The Morgan fingerprint density at radius 3 is 2.25 bits per heavy atom. The first-order valence-corrected chi connectivity index (χ1v) is 7.37. The molecule has 0 amide bonds. The van der Waals surface area contributed by atoms with E-state index in [-0.39, 0.29) is 0 Å². The molecule has 0 saturated carbocycles. The minimum absolute atomic E-state index is 0.407. The molecule has 0 aromatic heterocycles. The van der Waals surface area contributed by atoms with Crippen LogP contribution in [-0.4, -0.2) is 7.11 Å². The molecule has 1 nitrogen and oxygen atoms in total. The Morgan fingerprint density at radius 1 is 0.950 bits per heavy atom. The minimum Gasteiger partial charge on any atom is -0.496 e. The second-order valence-corrected chi connectivity index (χ2v) is 5.99. The molecule has 0 fully saturated rings. The number of hydrogen-bond donors (Lipinski definition) is 0. The Balaban J connectivity index is 2.54. The van der Waals surface area contributed by atoms with Crippen LogP contribution >= 0.6 is 34.8 Å². The highest BCUT2D eigenvalue weighted by atomic mass is 35.5.